The lowest BCUT2D eigenvalue weighted by Gasteiger charge is -2.40. The molecule has 1 saturated carbocycles. The molecule has 2 fully saturated rings. The summed E-state index contributed by atoms with van der Waals surface area (Å²) in [6, 6.07) is -0.0839. The zero-order chi connectivity index (χ0) is 14.6. The lowest BCUT2D eigenvalue weighted by molar-refractivity contribution is -0.143. The van der Waals surface area contributed by atoms with Gasteiger partial charge < -0.3 is 20.1 Å². The Kier molecular flexibility index (Phi) is 4.86. The molecule has 1 saturated heterocycles. The van der Waals surface area contributed by atoms with Crippen molar-refractivity contribution < 1.29 is 19.4 Å². The number of methoxy groups -OCH3 is 1. The van der Waals surface area contributed by atoms with E-state index in [2.05, 4.69) is 5.32 Å². The van der Waals surface area contributed by atoms with E-state index >= 15 is 0 Å². The fourth-order valence-corrected chi connectivity index (χ4v) is 2.97. The number of nitrogens with one attached hydrogen (secondary N) is 1. The molecule has 6 heteroatoms. The van der Waals surface area contributed by atoms with Crippen molar-refractivity contribution in [3.63, 3.8) is 0 Å². The monoisotopic (exact) mass is 284 g/mol. The SMILES string of the molecule is COC1(CCNC(=O)N2CCC(C(=O)O)CC2)CCC1. The summed E-state index contributed by atoms with van der Waals surface area (Å²) in [5.74, 6) is -1.05. The summed E-state index contributed by atoms with van der Waals surface area (Å²) >= 11 is 0. The molecule has 1 heterocycles. The molecule has 2 aliphatic rings. The molecule has 2 amide bonds. The van der Waals surface area contributed by atoms with Crippen molar-refractivity contribution in [1.29, 1.82) is 0 Å². The number of carboxylic acid groups (broad SMARTS) is 1. The third-order valence-corrected chi connectivity index (χ3v) is 4.69. The zero-order valence-electron chi connectivity index (χ0n) is 12.1. The van der Waals surface area contributed by atoms with Crippen LogP contribution in [-0.4, -0.2) is 54.4 Å². The number of amides is 2. The Morgan fingerprint density at radius 1 is 1.35 bits per heavy atom. The average Bonchev–Trinajstić information content (AvgIpc) is 2.41. The second-order valence-electron chi connectivity index (χ2n) is 5.82. The van der Waals surface area contributed by atoms with Crippen molar-refractivity contribution >= 4 is 12.0 Å². The molecule has 0 atom stereocenters. The van der Waals surface area contributed by atoms with E-state index in [0.717, 1.165) is 19.3 Å². The first-order valence-corrected chi connectivity index (χ1v) is 7.37. The molecule has 0 aromatic carbocycles. The third-order valence-electron chi connectivity index (χ3n) is 4.69. The van der Waals surface area contributed by atoms with Crippen LogP contribution in [0.2, 0.25) is 0 Å². The minimum absolute atomic E-state index is 0.0242. The smallest absolute Gasteiger partial charge is 0.317 e. The molecule has 0 aromatic rings. The van der Waals surface area contributed by atoms with Gasteiger partial charge in [-0.15, -0.1) is 0 Å². The number of carbonyl (C=O) groups excluding carboxylic acids is 1. The largest absolute Gasteiger partial charge is 0.481 e. The van der Waals surface area contributed by atoms with E-state index in [-0.39, 0.29) is 17.6 Å². The molecule has 0 unspecified atom stereocenters. The number of hydrogen-bond acceptors (Lipinski definition) is 3. The first-order valence-electron chi connectivity index (χ1n) is 7.37. The van der Waals surface area contributed by atoms with Gasteiger partial charge in [0.15, 0.2) is 0 Å². The van der Waals surface area contributed by atoms with E-state index in [4.69, 9.17) is 9.84 Å². The highest BCUT2D eigenvalue weighted by molar-refractivity contribution is 5.75. The number of nitrogens with zero attached hydrogens (tertiary/aromatic N) is 1. The van der Waals surface area contributed by atoms with E-state index in [1.807, 2.05) is 0 Å². The molecule has 0 spiro atoms. The number of rotatable bonds is 5. The van der Waals surface area contributed by atoms with Crippen LogP contribution in [0.15, 0.2) is 0 Å². The second kappa shape index (κ2) is 6.43. The standard InChI is InChI=1S/C14H24N2O4/c1-20-14(5-2-6-14)7-8-15-13(19)16-9-3-11(4-10-16)12(17)18/h11H,2-10H2,1H3,(H,15,19)(H,17,18). The molecule has 1 aliphatic carbocycles. The first-order chi connectivity index (χ1) is 9.56. The van der Waals surface area contributed by atoms with Gasteiger partial charge >= 0.3 is 12.0 Å². The summed E-state index contributed by atoms with van der Waals surface area (Å²) in [5, 5.41) is 11.8. The predicted molar refractivity (Wildman–Crippen MR) is 73.5 cm³/mol. The fourth-order valence-electron chi connectivity index (χ4n) is 2.97. The minimum atomic E-state index is -0.753. The third kappa shape index (κ3) is 3.42. The number of likely N-dealkylation sites (tertiary alicyclic amines) is 1. The topological polar surface area (TPSA) is 78.9 Å². The quantitative estimate of drug-likeness (QED) is 0.801. The van der Waals surface area contributed by atoms with Crippen LogP contribution in [0, 0.1) is 5.92 Å². The van der Waals surface area contributed by atoms with Crippen LogP contribution < -0.4 is 5.32 Å². The molecule has 6 nitrogen and oxygen atoms in total. The average molecular weight is 284 g/mol. The van der Waals surface area contributed by atoms with Crippen LogP contribution in [0.25, 0.3) is 0 Å². The Balaban J connectivity index is 1.67. The molecule has 2 rings (SSSR count). The molecule has 1 aliphatic heterocycles. The summed E-state index contributed by atoms with van der Waals surface area (Å²) in [7, 11) is 1.73. The number of urea groups is 1. The fraction of sp³-hybridized carbons (Fsp3) is 0.857. The van der Waals surface area contributed by atoms with Crippen LogP contribution in [0.4, 0.5) is 4.79 Å². The molecular weight excluding hydrogens is 260 g/mol. The maximum atomic E-state index is 12.0. The number of aliphatic carboxylic acids is 1. The van der Waals surface area contributed by atoms with Crippen LogP contribution in [-0.2, 0) is 9.53 Å². The zero-order valence-corrected chi connectivity index (χ0v) is 12.1. The number of ether oxygens (including phenoxy) is 1. The van der Waals surface area contributed by atoms with Gasteiger partial charge in [0.25, 0.3) is 0 Å². The summed E-state index contributed by atoms with van der Waals surface area (Å²) in [5.41, 5.74) is -0.0242. The van der Waals surface area contributed by atoms with E-state index in [0.29, 0.717) is 32.5 Å². The van der Waals surface area contributed by atoms with Crippen LogP contribution in [0.5, 0.6) is 0 Å². The highest BCUT2D eigenvalue weighted by Crippen LogP contribution is 2.37. The Bertz CT molecular complexity index is 355. The predicted octanol–water partition coefficient (Wildman–Crippen LogP) is 1.45. The van der Waals surface area contributed by atoms with Crippen molar-refractivity contribution in [3.8, 4) is 0 Å². The van der Waals surface area contributed by atoms with Crippen molar-refractivity contribution in [2.24, 2.45) is 5.92 Å². The van der Waals surface area contributed by atoms with E-state index in [9.17, 15) is 9.59 Å². The van der Waals surface area contributed by atoms with Crippen molar-refractivity contribution in [3.05, 3.63) is 0 Å². The number of carboxylic acids is 1. The van der Waals surface area contributed by atoms with Crippen molar-refractivity contribution in [2.75, 3.05) is 26.7 Å². The van der Waals surface area contributed by atoms with Gasteiger partial charge in [-0.25, -0.2) is 4.79 Å². The van der Waals surface area contributed by atoms with Gasteiger partial charge in [0.05, 0.1) is 11.5 Å². The van der Waals surface area contributed by atoms with E-state index in [1.54, 1.807) is 12.0 Å². The molecule has 0 aromatic heterocycles. The lowest BCUT2D eigenvalue weighted by Crippen LogP contribution is -2.48. The molecule has 2 N–H and O–H groups in total. The number of carbonyl (C=O) groups is 2. The van der Waals surface area contributed by atoms with Gasteiger partial charge in [-0.2, -0.15) is 0 Å². The van der Waals surface area contributed by atoms with Gasteiger partial charge in [-0.1, -0.05) is 0 Å². The highest BCUT2D eigenvalue weighted by atomic mass is 16.5. The lowest BCUT2D eigenvalue weighted by atomic mass is 9.77. The van der Waals surface area contributed by atoms with Crippen LogP contribution in [0.3, 0.4) is 0 Å². The normalized spacial score (nSPS) is 22.1. The van der Waals surface area contributed by atoms with Gasteiger partial charge in [-0.3, -0.25) is 4.79 Å². The summed E-state index contributed by atoms with van der Waals surface area (Å²) in [6.45, 7) is 1.67. The Morgan fingerprint density at radius 2 is 2.00 bits per heavy atom. The molecular formula is C14H24N2O4. The van der Waals surface area contributed by atoms with Crippen LogP contribution >= 0.6 is 0 Å². The second-order valence-corrected chi connectivity index (χ2v) is 5.82. The molecule has 20 heavy (non-hydrogen) atoms. The minimum Gasteiger partial charge on any atom is -0.481 e. The number of piperidine rings is 1. The highest BCUT2D eigenvalue weighted by Gasteiger charge is 2.36. The summed E-state index contributed by atoms with van der Waals surface area (Å²) in [6.07, 6.45) is 5.29. The molecule has 0 radical (unpaired) electrons. The number of hydrogen-bond donors (Lipinski definition) is 2. The van der Waals surface area contributed by atoms with E-state index < -0.39 is 5.97 Å². The Labute approximate surface area is 119 Å². The maximum Gasteiger partial charge on any atom is 0.317 e. The van der Waals surface area contributed by atoms with Gasteiger partial charge in [0.1, 0.15) is 0 Å². The summed E-state index contributed by atoms with van der Waals surface area (Å²) < 4.78 is 5.51. The van der Waals surface area contributed by atoms with Gasteiger partial charge in [0, 0.05) is 26.7 Å². The molecule has 114 valence electrons. The van der Waals surface area contributed by atoms with Gasteiger partial charge in [-0.05, 0) is 38.5 Å². The Hall–Kier alpha value is -1.30. The Morgan fingerprint density at radius 3 is 2.45 bits per heavy atom. The maximum absolute atomic E-state index is 12.0. The van der Waals surface area contributed by atoms with Crippen molar-refractivity contribution in [1.82, 2.24) is 10.2 Å². The van der Waals surface area contributed by atoms with Crippen LogP contribution in [0.1, 0.15) is 38.5 Å². The molecule has 0 bridgehead atoms. The van der Waals surface area contributed by atoms with E-state index in [1.165, 1.54) is 6.42 Å². The summed E-state index contributed by atoms with van der Waals surface area (Å²) in [4.78, 5) is 24.5. The van der Waals surface area contributed by atoms with Gasteiger partial charge in [0.2, 0.25) is 0 Å². The van der Waals surface area contributed by atoms with Crippen molar-refractivity contribution in [2.45, 2.75) is 44.1 Å². The first kappa shape index (κ1) is 15.1.